The van der Waals surface area contributed by atoms with E-state index in [1.165, 1.54) is 11.3 Å². The van der Waals surface area contributed by atoms with Crippen molar-refractivity contribution in [3.8, 4) is 0 Å². The van der Waals surface area contributed by atoms with E-state index in [0.29, 0.717) is 12.6 Å². The first-order valence-corrected chi connectivity index (χ1v) is 8.32. The van der Waals surface area contributed by atoms with Crippen molar-refractivity contribution in [3.63, 3.8) is 0 Å². The molecule has 1 amide bonds. The van der Waals surface area contributed by atoms with Crippen LogP contribution in [-0.2, 0) is 6.54 Å². The number of nitrogens with zero attached hydrogens (tertiary/aromatic N) is 4. The van der Waals surface area contributed by atoms with Crippen LogP contribution in [0.2, 0.25) is 0 Å². The Kier molecular flexibility index (Phi) is 4.49. The molecule has 1 atom stereocenters. The number of aryl methyl sites for hydroxylation is 1. The van der Waals surface area contributed by atoms with E-state index in [1.807, 2.05) is 29.3 Å². The van der Waals surface area contributed by atoms with E-state index >= 15 is 0 Å². The number of hydrogen-bond donors (Lipinski definition) is 0. The molecular formula is C16H20N4OS. The van der Waals surface area contributed by atoms with Crippen LogP contribution in [0.25, 0.3) is 0 Å². The zero-order chi connectivity index (χ0) is 15.5. The summed E-state index contributed by atoms with van der Waals surface area (Å²) in [5.74, 6) is 0.989. The minimum Gasteiger partial charge on any atom is -0.336 e. The monoisotopic (exact) mass is 316 g/mol. The minimum absolute atomic E-state index is 0.166. The van der Waals surface area contributed by atoms with E-state index in [-0.39, 0.29) is 5.91 Å². The van der Waals surface area contributed by atoms with E-state index in [0.717, 1.165) is 35.8 Å². The van der Waals surface area contributed by atoms with Crippen LogP contribution in [0.4, 0.5) is 0 Å². The quantitative estimate of drug-likeness (QED) is 0.867. The van der Waals surface area contributed by atoms with Crippen molar-refractivity contribution < 1.29 is 4.79 Å². The lowest BCUT2D eigenvalue weighted by molar-refractivity contribution is 0.0783. The Morgan fingerprint density at radius 3 is 2.91 bits per heavy atom. The van der Waals surface area contributed by atoms with Gasteiger partial charge in [-0.05, 0) is 43.5 Å². The normalized spacial score (nSPS) is 18.1. The molecule has 1 fully saturated rings. The highest BCUT2D eigenvalue weighted by Crippen LogP contribution is 2.22. The molecule has 5 nitrogen and oxygen atoms in total. The number of carbonyl (C=O) groups excluding carboxylic acids is 1. The molecule has 0 aliphatic carbocycles. The summed E-state index contributed by atoms with van der Waals surface area (Å²) in [7, 11) is 2.07. The highest BCUT2D eigenvalue weighted by Gasteiger charge is 2.30. The van der Waals surface area contributed by atoms with Gasteiger partial charge in [-0.25, -0.2) is 9.97 Å². The molecule has 22 heavy (non-hydrogen) atoms. The smallest absolute Gasteiger partial charge is 0.264 e. The second kappa shape index (κ2) is 6.54. The summed E-state index contributed by atoms with van der Waals surface area (Å²) in [4.78, 5) is 26.2. The first-order chi connectivity index (χ1) is 10.6. The lowest BCUT2D eigenvalue weighted by atomic mass is 10.2. The number of aromatic nitrogens is 2. The van der Waals surface area contributed by atoms with Crippen molar-refractivity contribution in [1.29, 1.82) is 0 Å². The fourth-order valence-electron chi connectivity index (χ4n) is 2.79. The minimum atomic E-state index is 0.166. The predicted octanol–water partition coefficient (Wildman–Crippen LogP) is 2.19. The first kappa shape index (κ1) is 15.1. The van der Waals surface area contributed by atoms with Gasteiger partial charge in [0, 0.05) is 31.5 Å². The molecule has 0 bridgehead atoms. The molecule has 2 aromatic heterocycles. The number of likely N-dealkylation sites (N-methyl/N-ethyl adjacent to an activating group) is 1. The second-order valence-electron chi connectivity index (χ2n) is 5.71. The van der Waals surface area contributed by atoms with E-state index < -0.39 is 0 Å². The average molecular weight is 316 g/mol. The molecule has 0 saturated carbocycles. The Labute approximate surface area is 134 Å². The maximum Gasteiger partial charge on any atom is 0.264 e. The number of hydrogen-bond acceptors (Lipinski definition) is 5. The van der Waals surface area contributed by atoms with Crippen molar-refractivity contribution in [2.45, 2.75) is 25.9 Å². The molecule has 0 spiro atoms. The summed E-state index contributed by atoms with van der Waals surface area (Å²) in [6, 6.07) is 4.20. The van der Waals surface area contributed by atoms with Crippen LogP contribution in [0.3, 0.4) is 0 Å². The molecule has 6 heteroatoms. The van der Waals surface area contributed by atoms with Gasteiger partial charge in [0.15, 0.2) is 0 Å². The van der Waals surface area contributed by atoms with E-state index in [4.69, 9.17) is 0 Å². The standard InChI is InChI=1S/C16H20N4OS/c1-12-5-9-22-15(12)16(21)20-8-4-13(10-20)19(2)11-14-17-6-3-7-18-14/h3,5-7,9,13H,4,8,10-11H2,1-2H3/t13-/m1/s1. The number of likely N-dealkylation sites (tertiary alicyclic amines) is 1. The van der Waals surface area contributed by atoms with Crippen LogP contribution in [0.5, 0.6) is 0 Å². The molecule has 1 saturated heterocycles. The Hall–Kier alpha value is -1.79. The summed E-state index contributed by atoms with van der Waals surface area (Å²) in [6.07, 6.45) is 4.53. The summed E-state index contributed by atoms with van der Waals surface area (Å²) < 4.78 is 0. The fourth-order valence-corrected chi connectivity index (χ4v) is 3.68. The van der Waals surface area contributed by atoms with Gasteiger partial charge in [-0.2, -0.15) is 0 Å². The number of rotatable bonds is 4. The van der Waals surface area contributed by atoms with Crippen molar-refractivity contribution in [1.82, 2.24) is 19.8 Å². The molecule has 1 aliphatic rings. The molecule has 116 valence electrons. The average Bonchev–Trinajstić information content (AvgIpc) is 3.16. The molecule has 0 N–H and O–H groups in total. The van der Waals surface area contributed by atoms with Crippen LogP contribution in [-0.4, -0.2) is 51.9 Å². The lowest BCUT2D eigenvalue weighted by Gasteiger charge is -2.23. The Balaban J connectivity index is 1.60. The largest absolute Gasteiger partial charge is 0.336 e. The van der Waals surface area contributed by atoms with Crippen LogP contribution in [0.15, 0.2) is 29.9 Å². The van der Waals surface area contributed by atoms with Gasteiger partial charge >= 0.3 is 0 Å². The summed E-state index contributed by atoms with van der Waals surface area (Å²) in [6.45, 7) is 4.31. The Morgan fingerprint density at radius 2 is 2.23 bits per heavy atom. The third kappa shape index (κ3) is 3.18. The summed E-state index contributed by atoms with van der Waals surface area (Å²) in [5, 5.41) is 1.98. The molecule has 2 aromatic rings. The number of carbonyl (C=O) groups is 1. The molecule has 3 heterocycles. The van der Waals surface area contributed by atoms with E-state index in [9.17, 15) is 4.79 Å². The maximum atomic E-state index is 12.5. The van der Waals surface area contributed by atoms with Gasteiger partial charge in [-0.1, -0.05) is 0 Å². The lowest BCUT2D eigenvalue weighted by Crippen LogP contribution is -2.36. The van der Waals surface area contributed by atoms with E-state index in [2.05, 4.69) is 21.9 Å². The highest BCUT2D eigenvalue weighted by atomic mass is 32.1. The Bertz CT molecular complexity index is 643. The van der Waals surface area contributed by atoms with Gasteiger partial charge in [0.05, 0.1) is 11.4 Å². The van der Waals surface area contributed by atoms with Crippen molar-refractivity contribution in [2.24, 2.45) is 0 Å². The molecule has 0 radical (unpaired) electrons. The molecule has 3 rings (SSSR count). The van der Waals surface area contributed by atoms with Crippen LogP contribution in [0, 0.1) is 6.92 Å². The maximum absolute atomic E-state index is 12.5. The van der Waals surface area contributed by atoms with Crippen LogP contribution in [0.1, 0.15) is 27.5 Å². The third-order valence-electron chi connectivity index (χ3n) is 4.14. The van der Waals surface area contributed by atoms with Gasteiger partial charge in [0.2, 0.25) is 0 Å². The van der Waals surface area contributed by atoms with Crippen LogP contribution < -0.4 is 0 Å². The van der Waals surface area contributed by atoms with Crippen molar-refractivity contribution >= 4 is 17.2 Å². The third-order valence-corrected chi connectivity index (χ3v) is 5.14. The fraction of sp³-hybridized carbons (Fsp3) is 0.438. The van der Waals surface area contributed by atoms with Crippen LogP contribution >= 0.6 is 11.3 Å². The van der Waals surface area contributed by atoms with Gasteiger partial charge in [0.1, 0.15) is 5.82 Å². The molecular weight excluding hydrogens is 296 g/mol. The molecule has 0 aromatic carbocycles. The van der Waals surface area contributed by atoms with Gasteiger partial charge in [-0.3, -0.25) is 9.69 Å². The summed E-state index contributed by atoms with van der Waals surface area (Å²) in [5.41, 5.74) is 1.07. The first-order valence-electron chi connectivity index (χ1n) is 7.44. The van der Waals surface area contributed by atoms with Crippen molar-refractivity contribution in [2.75, 3.05) is 20.1 Å². The van der Waals surface area contributed by atoms with Gasteiger partial charge in [0.25, 0.3) is 5.91 Å². The molecule has 1 aliphatic heterocycles. The SMILES string of the molecule is Cc1ccsc1C(=O)N1CC[C@@H](N(C)Cc2ncccn2)C1. The summed E-state index contributed by atoms with van der Waals surface area (Å²) >= 11 is 1.53. The Morgan fingerprint density at radius 1 is 1.45 bits per heavy atom. The van der Waals surface area contributed by atoms with Crippen molar-refractivity contribution in [3.05, 3.63) is 46.2 Å². The molecule has 0 unspecified atom stereocenters. The van der Waals surface area contributed by atoms with E-state index in [1.54, 1.807) is 12.4 Å². The zero-order valence-electron chi connectivity index (χ0n) is 12.9. The predicted molar refractivity (Wildman–Crippen MR) is 86.9 cm³/mol. The topological polar surface area (TPSA) is 49.3 Å². The van der Waals surface area contributed by atoms with Gasteiger partial charge in [-0.15, -0.1) is 11.3 Å². The second-order valence-corrected chi connectivity index (χ2v) is 6.62. The van der Waals surface area contributed by atoms with Gasteiger partial charge < -0.3 is 4.90 Å². The number of amides is 1. The number of thiophene rings is 1. The zero-order valence-corrected chi connectivity index (χ0v) is 13.7. The highest BCUT2D eigenvalue weighted by molar-refractivity contribution is 7.12.